The van der Waals surface area contributed by atoms with Crippen molar-refractivity contribution in [1.29, 1.82) is 0 Å². The van der Waals surface area contributed by atoms with E-state index < -0.39 is 18.0 Å². The van der Waals surface area contributed by atoms with Gasteiger partial charge in [-0.1, -0.05) is 81.5 Å². The number of carbonyl (C=O) groups is 1. The lowest BCUT2D eigenvalue weighted by Gasteiger charge is -2.33. The molecule has 1 aromatic carbocycles. The highest BCUT2D eigenvalue weighted by Gasteiger charge is 2.36. The topological polar surface area (TPSA) is 104 Å². The smallest absolute Gasteiger partial charge is 0.309 e. The molecule has 1 rings (SSSR count). The maximum Gasteiger partial charge on any atom is 0.309 e. The summed E-state index contributed by atoms with van der Waals surface area (Å²) in [7, 11) is 0. The van der Waals surface area contributed by atoms with E-state index >= 15 is 0 Å². The highest BCUT2D eigenvalue weighted by Crippen LogP contribution is 2.34. The fraction of sp³-hybridized carbons (Fsp3) is 0.679. The summed E-state index contributed by atoms with van der Waals surface area (Å²) in [6.45, 7) is 4.26. The molecule has 0 aliphatic carbocycles. The van der Waals surface area contributed by atoms with Crippen LogP contribution in [0.25, 0.3) is 0 Å². The molecule has 0 aromatic heterocycles. The second kappa shape index (κ2) is 17.7. The van der Waals surface area contributed by atoms with E-state index in [2.05, 4.69) is 25.1 Å². The zero-order valence-electron chi connectivity index (χ0n) is 20.7. The molecule has 5 atom stereocenters. The molecule has 0 bridgehead atoms. The summed E-state index contributed by atoms with van der Waals surface area (Å²) in [5, 5.41) is 30.2. The van der Waals surface area contributed by atoms with Crippen LogP contribution in [0.5, 0.6) is 0 Å². The quantitative estimate of drug-likeness (QED) is 0.164. The van der Waals surface area contributed by atoms with Crippen LogP contribution in [-0.4, -0.2) is 40.0 Å². The van der Waals surface area contributed by atoms with Gasteiger partial charge < -0.3 is 21.1 Å². The number of hydrogen-bond acceptors (Lipinski definition) is 4. The number of aliphatic hydroxyl groups is 2. The van der Waals surface area contributed by atoms with Crippen LogP contribution in [0.2, 0.25) is 0 Å². The number of benzene rings is 1. The molecule has 0 saturated carbocycles. The Morgan fingerprint density at radius 1 is 1.00 bits per heavy atom. The lowest BCUT2D eigenvalue weighted by molar-refractivity contribution is -0.149. The third-order valence-corrected chi connectivity index (χ3v) is 6.68. The van der Waals surface area contributed by atoms with Crippen LogP contribution in [0.15, 0.2) is 42.5 Å². The highest BCUT2D eigenvalue weighted by molar-refractivity contribution is 5.71. The minimum atomic E-state index is -0.926. The Morgan fingerprint density at radius 2 is 1.70 bits per heavy atom. The maximum absolute atomic E-state index is 12.1. The molecule has 188 valence electrons. The Kier molecular flexibility index (Phi) is 15.8. The lowest BCUT2D eigenvalue weighted by atomic mass is 9.72. The molecule has 5 nitrogen and oxygen atoms in total. The summed E-state index contributed by atoms with van der Waals surface area (Å²) >= 11 is 0. The van der Waals surface area contributed by atoms with E-state index in [0.717, 1.165) is 70.6 Å². The van der Waals surface area contributed by atoms with Crippen molar-refractivity contribution in [1.82, 2.24) is 0 Å². The minimum absolute atomic E-state index is 0.123. The van der Waals surface area contributed by atoms with Gasteiger partial charge in [-0.25, -0.2) is 0 Å². The molecule has 0 unspecified atom stereocenters. The maximum atomic E-state index is 12.1. The number of hydrogen-bond donors (Lipinski definition) is 4. The molecule has 0 radical (unpaired) electrons. The number of carboxylic acid groups (broad SMARTS) is 1. The summed E-state index contributed by atoms with van der Waals surface area (Å²) in [6, 6.07) is 10.1. The van der Waals surface area contributed by atoms with Crippen LogP contribution < -0.4 is 5.73 Å². The molecule has 0 aliphatic heterocycles. The van der Waals surface area contributed by atoms with Gasteiger partial charge in [0, 0.05) is 0 Å². The van der Waals surface area contributed by atoms with Crippen molar-refractivity contribution in [3.63, 3.8) is 0 Å². The molecule has 0 heterocycles. The van der Waals surface area contributed by atoms with Crippen LogP contribution in [0.4, 0.5) is 0 Å². The fourth-order valence-corrected chi connectivity index (χ4v) is 4.84. The Morgan fingerprint density at radius 3 is 2.30 bits per heavy atom. The zero-order chi connectivity index (χ0) is 24.5. The third-order valence-electron chi connectivity index (χ3n) is 6.68. The molecule has 0 fully saturated rings. The lowest BCUT2D eigenvalue weighted by Crippen LogP contribution is -2.38. The van der Waals surface area contributed by atoms with Gasteiger partial charge in [-0.15, -0.1) is 0 Å². The number of nitrogens with two attached hydrogens (primary N) is 1. The molecular formula is C28H47NO4. The van der Waals surface area contributed by atoms with Crippen molar-refractivity contribution in [3.8, 4) is 0 Å². The number of aliphatic hydroxyl groups excluding tert-OH is 2. The summed E-state index contributed by atoms with van der Waals surface area (Å²) in [4.78, 5) is 12.1. The van der Waals surface area contributed by atoms with Crippen LogP contribution in [-0.2, 0) is 11.2 Å². The molecular weight excluding hydrogens is 414 g/mol. The zero-order valence-corrected chi connectivity index (χ0v) is 20.7. The van der Waals surface area contributed by atoms with Gasteiger partial charge in [0.05, 0.1) is 18.1 Å². The predicted octanol–water partition coefficient (Wildman–Crippen LogP) is 5.34. The molecule has 0 spiro atoms. The monoisotopic (exact) mass is 461 g/mol. The third kappa shape index (κ3) is 12.4. The average molecular weight is 462 g/mol. The molecule has 0 amide bonds. The van der Waals surface area contributed by atoms with Crippen molar-refractivity contribution in [2.75, 3.05) is 6.54 Å². The van der Waals surface area contributed by atoms with Crippen LogP contribution in [0.1, 0.15) is 83.6 Å². The van der Waals surface area contributed by atoms with Crippen molar-refractivity contribution < 1.29 is 20.1 Å². The van der Waals surface area contributed by atoms with Gasteiger partial charge in [-0.05, 0) is 69.4 Å². The number of unbranched alkanes of at least 4 members (excludes halogenated alkanes) is 4. The van der Waals surface area contributed by atoms with Gasteiger partial charge in [0.2, 0.25) is 0 Å². The number of carboxylic acids is 1. The minimum Gasteiger partial charge on any atom is -0.481 e. The van der Waals surface area contributed by atoms with Gasteiger partial charge in [-0.2, -0.15) is 0 Å². The van der Waals surface area contributed by atoms with E-state index in [4.69, 9.17) is 5.73 Å². The van der Waals surface area contributed by atoms with E-state index in [1.807, 2.05) is 24.3 Å². The normalized spacial score (nSPS) is 16.4. The Bertz CT molecular complexity index is 647. The standard InChI is InChI=1S/C28H47NO4/c1-3-4-8-16-25(31)17-12-6-5-11-15-24(20-21-29)26(27(22(2)30)28(32)33)19-18-23-13-9-7-10-14-23/h7,9-10,12-14,17,22,24-27,30-31H,3-6,8,11,15-16,18-21,29H2,1-2H3,(H,32,33)/t22-,24+,25+,26-,27+/m0/s1. The second-order valence-corrected chi connectivity index (χ2v) is 9.41. The van der Waals surface area contributed by atoms with Crippen molar-refractivity contribution in [2.24, 2.45) is 23.5 Å². The summed E-state index contributed by atoms with van der Waals surface area (Å²) in [5.74, 6) is -1.67. The van der Waals surface area contributed by atoms with E-state index in [1.54, 1.807) is 6.92 Å². The van der Waals surface area contributed by atoms with E-state index in [9.17, 15) is 20.1 Å². The number of aliphatic carboxylic acids is 1. The fourth-order valence-electron chi connectivity index (χ4n) is 4.84. The Balaban J connectivity index is 2.69. The molecule has 5 N–H and O–H groups in total. The Hall–Kier alpha value is -1.69. The SMILES string of the molecule is CCCCC[C@@H](O)C=CCCCC[C@H](CCN)[C@H](CCc1ccccc1)[C@H](C(=O)O)[C@H](C)O. The van der Waals surface area contributed by atoms with Gasteiger partial charge in [0.15, 0.2) is 0 Å². The molecule has 0 saturated heterocycles. The van der Waals surface area contributed by atoms with Gasteiger partial charge >= 0.3 is 5.97 Å². The molecule has 5 heteroatoms. The van der Waals surface area contributed by atoms with Crippen LogP contribution >= 0.6 is 0 Å². The summed E-state index contributed by atoms with van der Waals surface area (Å²) < 4.78 is 0. The van der Waals surface area contributed by atoms with E-state index in [-0.39, 0.29) is 17.9 Å². The second-order valence-electron chi connectivity index (χ2n) is 9.41. The predicted molar refractivity (Wildman–Crippen MR) is 136 cm³/mol. The van der Waals surface area contributed by atoms with Crippen molar-refractivity contribution in [3.05, 3.63) is 48.0 Å². The number of rotatable bonds is 19. The first-order valence-electron chi connectivity index (χ1n) is 12.9. The van der Waals surface area contributed by atoms with Crippen LogP contribution in [0.3, 0.4) is 0 Å². The van der Waals surface area contributed by atoms with Gasteiger partial charge in [0.1, 0.15) is 0 Å². The van der Waals surface area contributed by atoms with Crippen LogP contribution in [0, 0.1) is 17.8 Å². The molecule has 33 heavy (non-hydrogen) atoms. The highest BCUT2D eigenvalue weighted by atomic mass is 16.4. The number of aryl methyl sites for hydroxylation is 1. The summed E-state index contributed by atoms with van der Waals surface area (Å²) in [5.41, 5.74) is 7.10. The molecule has 1 aromatic rings. The van der Waals surface area contributed by atoms with E-state index in [1.165, 1.54) is 5.56 Å². The summed E-state index contributed by atoms with van der Waals surface area (Å²) in [6.07, 6.45) is 13.0. The first-order chi connectivity index (χ1) is 15.9. The van der Waals surface area contributed by atoms with Gasteiger partial charge in [-0.3, -0.25) is 4.79 Å². The largest absolute Gasteiger partial charge is 0.481 e. The average Bonchev–Trinajstić information content (AvgIpc) is 2.78. The first-order valence-corrected chi connectivity index (χ1v) is 12.9. The Labute approximate surface area is 201 Å². The first kappa shape index (κ1) is 29.3. The van der Waals surface area contributed by atoms with Gasteiger partial charge in [0.25, 0.3) is 0 Å². The number of allylic oxidation sites excluding steroid dienone is 1. The van der Waals surface area contributed by atoms with Crippen molar-refractivity contribution >= 4 is 5.97 Å². The van der Waals surface area contributed by atoms with Crippen molar-refractivity contribution in [2.45, 2.75) is 96.7 Å². The van der Waals surface area contributed by atoms with E-state index in [0.29, 0.717) is 6.54 Å². The molecule has 0 aliphatic rings.